The molecule has 0 aliphatic heterocycles. The van der Waals surface area contributed by atoms with Gasteiger partial charge in [0.05, 0.1) is 45.6 Å². The number of rotatable bonds is 10. The lowest BCUT2D eigenvalue weighted by atomic mass is 9.99. The number of hydrogen-bond donors (Lipinski definition) is 0. The van der Waals surface area contributed by atoms with E-state index in [9.17, 15) is 0 Å². The van der Waals surface area contributed by atoms with Crippen molar-refractivity contribution >= 4 is 0 Å². The maximum Gasteiger partial charge on any atom is 0.0897 e. The number of pyridine rings is 6. The summed E-state index contributed by atoms with van der Waals surface area (Å²) in [6, 6.07) is 41.3. The Morgan fingerprint density at radius 2 is 0.565 bits per heavy atom. The maximum absolute atomic E-state index is 4.90. The van der Waals surface area contributed by atoms with Crippen LogP contribution in [-0.4, -0.2) is 29.9 Å². The van der Waals surface area contributed by atoms with Gasteiger partial charge in [-0.15, -0.1) is 0 Å². The molecule has 0 saturated carbocycles. The molecule has 222 valence electrons. The first-order valence-electron chi connectivity index (χ1n) is 15.5. The van der Waals surface area contributed by atoms with Gasteiger partial charge < -0.3 is 0 Å². The van der Waals surface area contributed by atoms with Crippen LogP contribution in [0.3, 0.4) is 0 Å². The van der Waals surface area contributed by atoms with E-state index in [2.05, 4.69) is 68.5 Å². The van der Waals surface area contributed by atoms with Crippen molar-refractivity contribution in [2.24, 2.45) is 0 Å². The molecule has 7 aromatic rings. The third-order valence-electron chi connectivity index (χ3n) is 7.91. The highest BCUT2D eigenvalue weighted by atomic mass is 14.8. The molecule has 0 aliphatic carbocycles. The molecule has 0 aliphatic rings. The normalized spacial score (nSPS) is 11.0. The standard InChI is InChI=1S/C40H32N6/c1-5-21-41-33(9-1)37-25-31(26-38(45-37)34-10-2-6-22-42-34)19-17-29-13-15-30(16-14-29)18-20-32-27-39(35-11-3-7-23-43-35)46-40(28-32)36-12-4-8-24-44-36/h1-16,21-28H,17-20H2. The van der Waals surface area contributed by atoms with Gasteiger partial charge >= 0.3 is 0 Å². The topological polar surface area (TPSA) is 77.3 Å². The smallest absolute Gasteiger partial charge is 0.0897 e. The maximum atomic E-state index is 4.90. The van der Waals surface area contributed by atoms with E-state index in [1.165, 1.54) is 22.3 Å². The van der Waals surface area contributed by atoms with Gasteiger partial charge in [-0.1, -0.05) is 48.5 Å². The van der Waals surface area contributed by atoms with Crippen molar-refractivity contribution in [3.05, 3.63) is 168 Å². The van der Waals surface area contributed by atoms with Gasteiger partial charge in [0.25, 0.3) is 0 Å². The van der Waals surface area contributed by atoms with Gasteiger partial charge in [-0.25, -0.2) is 9.97 Å². The van der Waals surface area contributed by atoms with Crippen LogP contribution in [0.25, 0.3) is 45.6 Å². The molecular weight excluding hydrogens is 564 g/mol. The second-order valence-electron chi connectivity index (χ2n) is 11.2. The highest BCUT2D eigenvalue weighted by molar-refractivity contribution is 5.64. The summed E-state index contributed by atoms with van der Waals surface area (Å²) in [4.78, 5) is 27.9. The molecule has 46 heavy (non-hydrogen) atoms. The summed E-state index contributed by atoms with van der Waals surface area (Å²) in [5.74, 6) is 0. The Bertz CT molecular complexity index is 1750. The van der Waals surface area contributed by atoms with Crippen LogP contribution in [-0.2, 0) is 25.7 Å². The van der Waals surface area contributed by atoms with Gasteiger partial charge in [0.15, 0.2) is 0 Å². The van der Waals surface area contributed by atoms with E-state index >= 15 is 0 Å². The van der Waals surface area contributed by atoms with E-state index in [0.29, 0.717) is 0 Å². The van der Waals surface area contributed by atoms with Crippen LogP contribution in [0.2, 0.25) is 0 Å². The SMILES string of the molecule is c1ccc(-c2cc(CCc3ccc(CCc4cc(-c5ccccn5)nc(-c5ccccn5)c4)cc3)cc(-c3ccccn3)n2)nc1. The van der Waals surface area contributed by atoms with E-state index in [0.717, 1.165) is 71.2 Å². The van der Waals surface area contributed by atoms with Crippen LogP contribution < -0.4 is 0 Å². The fourth-order valence-corrected chi connectivity index (χ4v) is 5.49. The van der Waals surface area contributed by atoms with E-state index in [1.54, 1.807) is 24.8 Å². The molecular formula is C40H32N6. The minimum Gasteiger partial charge on any atom is -0.255 e. The van der Waals surface area contributed by atoms with Crippen LogP contribution in [0.4, 0.5) is 0 Å². The lowest BCUT2D eigenvalue weighted by molar-refractivity contribution is 0.936. The first kappa shape index (κ1) is 28.9. The number of benzene rings is 1. The van der Waals surface area contributed by atoms with Crippen LogP contribution >= 0.6 is 0 Å². The van der Waals surface area contributed by atoms with Crippen molar-refractivity contribution in [1.82, 2.24) is 29.9 Å². The minimum atomic E-state index is 0.861. The predicted octanol–water partition coefficient (Wildman–Crippen LogP) is 8.30. The highest BCUT2D eigenvalue weighted by Gasteiger charge is 2.11. The third-order valence-corrected chi connectivity index (χ3v) is 7.91. The van der Waals surface area contributed by atoms with Crippen molar-refractivity contribution in [2.45, 2.75) is 25.7 Å². The van der Waals surface area contributed by atoms with Crippen molar-refractivity contribution in [3.63, 3.8) is 0 Å². The second-order valence-corrected chi connectivity index (χ2v) is 11.2. The lowest BCUT2D eigenvalue weighted by Gasteiger charge is -2.10. The van der Waals surface area contributed by atoms with Crippen molar-refractivity contribution in [1.29, 1.82) is 0 Å². The third kappa shape index (κ3) is 7.08. The van der Waals surface area contributed by atoms with E-state index < -0.39 is 0 Å². The highest BCUT2D eigenvalue weighted by Crippen LogP contribution is 2.25. The summed E-state index contributed by atoms with van der Waals surface area (Å²) in [7, 11) is 0. The van der Waals surface area contributed by atoms with Crippen LogP contribution in [0, 0.1) is 0 Å². The molecule has 7 rings (SSSR count). The molecule has 6 heteroatoms. The van der Waals surface area contributed by atoms with Gasteiger partial charge in [0.1, 0.15) is 0 Å². The van der Waals surface area contributed by atoms with Gasteiger partial charge in [-0.2, -0.15) is 0 Å². The molecule has 0 atom stereocenters. The van der Waals surface area contributed by atoms with Crippen molar-refractivity contribution in [2.75, 3.05) is 0 Å². The average Bonchev–Trinajstić information content (AvgIpc) is 3.15. The largest absolute Gasteiger partial charge is 0.255 e. The molecule has 0 fully saturated rings. The Kier molecular flexibility index (Phi) is 8.68. The molecule has 6 heterocycles. The Labute approximate surface area is 269 Å². The summed E-state index contributed by atoms with van der Waals surface area (Å²) in [5, 5.41) is 0. The molecule has 6 aromatic heterocycles. The number of hydrogen-bond acceptors (Lipinski definition) is 6. The quantitative estimate of drug-likeness (QED) is 0.158. The van der Waals surface area contributed by atoms with Crippen molar-refractivity contribution in [3.8, 4) is 45.6 Å². The predicted molar refractivity (Wildman–Crippen MR) is 183 cm³/mol. The molecule has 0 radical (unpaired) electrons. The van der Waals surface area contributed by atoms with E-state index in [-0.39, 0.29) is 0 Å². The summed E-state index contributed by atoms with van der Waals surface area (Å²) in [5.41, 5.74) is 11.9. The number of nitrogens with zero attached hydrogens (tertiary/aromatic N) is 6. The lowest BCUT2D eigenvalue weighted by Crippen LogP contribution is -1.99. The zero-order chi connectivity index (χ0) is 31.0. The number of aromatic nitrogens is 6. The minimum absolute atomic E-state index is 0.861. The van der Waals surface area contributed by atoms with Crippen LogP contribution in [0.5, 0.6) is 0 Å². The average molecular weight is 597 g/mol. The van der Waals surface area contributed by atoms with Crippen molar-refractivity contribution < 1.29 is 0 Å². The van der Waals surface area contributed by atoms with Gasteiger partial charge in [0, 0.05) is 24.8 Å². The van der Waals surface area contributed by atoms with E-state index in [4.69, 9.17) is 9.97 Å². The summed E-state index contributed by atoms with van der Waals surface area (Å²) >= 11 is 0. The Hall–Kier alpha value is -5.88. The zero-order valence-corrected chi connectivity index (χ0v) is 25.4. The zero-order valence-electron chi connectivity index (χ0n) is 25.4. The Morgan fingerprint density at radius 1 is 0.283 bits per heavy atom. The Balaban J connectivity index is 1.06. The molecule has 0 N–H and O–H groups in total. The summed E-state index contributed by atoms with van der Waals surface area (Å²) in [6.07, 6.45) is 10.9. The molecule has 0 bridgehead atoms. The van der Waals surface area contributed by atoms with Gasteiger partial charge in [0.2, 0.25) is 0 Å². The van der Waals surface area contributed by atoms with Crippen LogP contribution in [0.1, 0.15) is 22.3 Å². The molecule has 0 unspecified atom stereocenters. The van der Waals surface area contributed by atoms with Gasteiger partial charge in [-0.05, 0) is 121 Å². The van der Waals surface area contributed by atoms with Crippen LogP contribution in [0.15, 0.2) is 146 Å². The molecule has 0 saturated heterocycles. The second kappa shape index (κ2) is 13.8. The molecule has 1 aromatic carbocycles. The molecule has 0 amide bonds. The number of aryl methyl sites for hydroxylation is 4. The summed E-state index contributed by atoms with van der Waals surface area (Å²) in [6.45, 7) is 0. The Morgan fingerprint density at radius 3 is 0.826 bits per heavy atom. The fourth-order valence-electron chi connectivity index (χ4n) is 5.49. The first-order chi connectivity index (χ1) is 22.8. The first-order valence-corrected chi connectivity index (χ1v) is 15.5. The van der Waals surface area contributed by atoms with E-state index in [1.807, 2.05) is 72.8 Å². The molecule has 0 spiro atoms. The molecule has 6 nitrogen and oxygen atoms in total. The van der Waals surface area contributed by atoms with Gasteiger partial charge in [-0.3, -0.25) is 19.9 Å². The fraction of sp³-hybridized carbons (Fsp3) is 0.100. The summed E-state index contributed by atoms with van der Waals surface area (Å²) < 4.78 is 0. The monoisotopic (exact) mass is 596 g/mol.